The van der Waals surface area contributed by atoms with Gasteiger partial charge in [0.1, 0.15) is 0 Å². The summed E-state index contributed by atoms with van der Waals surface area (Å²) in [6.07, 6.45) is 2.16. The largest absolute Gasteiger partial charge is 0.375 e. The van der Waals surface area contributed by atoms with Crippen LogP contribution in [0.15, 0.2) is 24.3 Å². The highest BCUT2D eigenvalue weighted by atomic mass is 35.5. The summed E-state index contributed by atoms with van der Waals surface area (Å²) in [6.45, 7) is 7.65. The van der Waals surface area contributed by atoms with Crippen molar-refractivity contribution in [2.24, 2.45) is 0 Å². The second kappa shape index (κ2) is 6.80. The predicted molar refractivity (Wildman–Crippen MR) is 85.6 cm³/mol. The first kappa shape index (κ1) is 16.3. The molecule has 0 bridgehead atoms. The highest BCUT2D eigenvalue weighted by Crippen LogP contribution is 2.28. The number of halogens is 1. The molecule has 1 aliphatic rings. The third kappa shape index (κ3) is 4.21. The minimum Gasteiger partial charge on any atom is -0.375 e. The number of benzene rings is 1. The molecule has 0 N–H and O–H groups in total. The third-order valence-electron chi connectivity index (χ3n) is 4.07. The molecule has 2 rings (SSSR count). The molecule has 1 aliphatic heterocycles. The molecule has 1 aromatic carbocycles. The molecule has 1 aromatic rings. The summed E-state index contributed by atoms with van der Waals surface area (Å²) < 4.78 is 5.75. The van der Waals surface area contributed by atoms with E-state index in [0.717, 1.165) is 24.9 Å². The Morgan fingerprint density at radius 1 is 1.43 bits per heavy atom. The van der Waals surface area contributed by atoms with Gasteiger partial charge in [0.15, 0.2) is 0 Å². The van der Waals surface area contributed by atoms with Crippen LogP contribution in [0.4, 0.5) is 0 Å². The van der Waals surface area contributed by atoms with Gasteiger partial charge in [-0.1, -0.05) is 29.8 Å². The first-order chi connectivity index (χ1) is 9.93. The van der Waals surface area contributed by atoms with E-state index in [1.807, 2.05) is 36.1 Å². The summed E-state index contributed by atoms with van der Waals surface area (Å²) in [5.74, 6) is 0.147. The van der Waals surface area contributed by atoms with Gasteiger partial charge in [-0.15, -0.1) is 0 Å². The fourth-order valence-corrected chi connectivity index (χ4v) is 3.21. The Morgan fingerprint density at radius 3 is 2.76 bits per heavy atom. The first-order valence-electron chi connectivity index (χ1n) is 7.60. The van der Waals surface area contributed by atoms with Gasteiger partial charge in [-0.3, -0.25) is 4.79 Å². The Hall–Kier alpha value is -1.06. The highest BCUT2D eigenvalue weighted by molar-refractivity contribution is 6.31. The maximum Gasteiger partial charge on any atom is 0.227 e. The van der Waals surface area contributed by atoms with Crippen LogP contribution >= 0.6 is 11.6 Å². The van der Waals surface area contributed by atoms with Crippen LogP contribution in [0.25, 0.3) is 0 Å². The Balaban J connectivity index is 2.07. The molecule has 0 unspecified atom stereocenters. The maximum atomic E-state index is 12.6. The Bertz CT molecular complexity index is 501. The van der Waals surface area contributed by atoms with Gasteiger partial charge in [0.2, 0.25) is 5.91 Å². The fourth-order valence-electron chi connectivity index (χ4n) is 3.01. The lowest BCUT2D eigenvalue weighted by molar-refractivity contribution is -0.139. The average molecular weight is 310 g/mol. The molecule has 0 saturated carbocycles. The predicted octanol–water partition coefficient (Wildman–Crippen LogP) is 3.69. The van der Waals surface area contributed by atoms with Crippen molar-refractivity contribution in [1.82, 2.24) is 4.90 Å². The summed E-state index contributed by atoms with van der Waals surface area (Å²) in [5.41, 5.74) is 0.745. The number of carbonyl (C=O) groups excluding carboxylic acids is 1. The lowest BCUT2D eigenvalue weighted by Crippen LogP contribution is -2.48. The Kier molecular flexibility index (Phi) is 5.28. The van der Waals surface area contributed by atoms with E-state index in [1.165, 1.54) is 0 Å². The van der Waals surface area contributed by atoms with Crippen molar-refractivity contribution in [3.63, 3.8) is 0 Å². The van der Waals surface area contributed by atoms with E-state index in [2.05, 4.69) is 13.8 Å². The van der Waals surface area contributed by atoms with E-state index in [9.17, 15) is 4.79 Å². The van der Waals surface area contributed by atoms with Gasteiger partial charge < -0.3 is 9.64 Å². The number of carbonyl (C=O) groups is 1. The summed E-state index contributed by atoms with van der Waals surface area (Å²) in [7, 11) is 0. The van der Waals surface area contributed by atoms with Crippen molar-refractivity contribution >= 4 is 17.5 Å². The van der Waals surface area contributed by atoms with Gasteiger partial charge in [-0.2, -0.15) is 0 Å². The fraction of sp³-hybridized carbons (Fsp3) is 0.588. The van der Waals surface area contributed by atoms with E-state index in [1.54, 1.807) is 0 Å². The number of ether oxygens (including phenoxy) is 1. The van der Waals surface area contributed by atoms with Crippen LogP contribution in [0, 0.1) is 0 Å². The van der Waals surface area contributed by atoms with Crippen LogP contribution < -0.4 is 0 Å². The molecule has 3 nitrogen and oxygen atoms in total. The lowest BCUT2D eigenvalue weighted by atomic mass is 9.92. The second-order valence-electron chi connectivity index (χ2n) is 6.20. The minimum atomic E-state index is -0.152. The molecular weight excluding hydrogens is 286 g/mol. The first-order valence-corrected chi connectivity index (χ1v) is 7.97. The smallest absolute Gasteiger partial charge is 0.227 e. The number of likely N-dealkylation sites (N-methyl/N-ethyl adjacent to an activating group) is 1. The number of rotatable bonds is 4. The summed E-state index contributed by atoms with van der Waals surface area (Å²) in [5, 5.41) is 0.661. The van der Waals surface area contributed by atoms with Crippen LogP contribution in [0.3, 0.4) is 0 Å². The molecule has 0 aliphatic carbocycles. The van der Waals surface area contributed by atoms with Crippen molar-refractivity contribution in [3.05, 3.63) is 34.9 Å². The molecule has 1 fully saturated rings. The number of amides is 1. The number of hydrogen-bond donors (Lipinski definition) is 0. The van der Waals surface area contributed by atoms with Crippen LogP contribution in [-0.2, 0) is 16.0 Å². The van der Waals surface area contributed by atoms with Crippen molar-refractivity contribution in [1.29, 1.82) is 0 Å². The van der Waals surface area contributed by atoms with Gasteiger partial charge in [-0.05, 0) is 45.2 Å². The number of hydrogen-bond acceptors (Lipinski definition) is 2. The van der Waals surface area contributed by atoms with E-state index in [-0.39, 0.29) is 17.6 Å². The van der Waals surface area contributed by atoms with Crippen LogP contribution in [0.5, 0.6) is 0 Å². The molecule has 1 saturated heterocycles. The quantitative estimate of drug-likeness (QED) is 0.849. The van der Waals surface area contributed by atoms with E-state index in [4.69, 9.17) is 16.3 Å². The molecule has 0 radical (unpaired) electrons. The van der Waals surface area contributed by atoms with Crippen molar-refractivity contribution in [2.75, 3.05) is 13.2 Å². The molecule has 116 valence electrons. The molecule has 4 heteroatoms. The number of nitrogens with zero attached hydrogens (tertiary/aromatic N) is 1. The molecule has 1 heterocycles. The molecular formula is C17H24ClNO2. The Labute approximate surface area is 132 Å². The molecule has 0 aromatic heterocycles. The van der Waals surface area contributed by atoms with Gasteiger partial charge in [0.05, 0.1) is 12.0 Å². The maximum absolute atomic E-state index is 12.6. The van der Waals surface area contributed by atoms with Crippen molar-refractivity contribution in [3.8, 4) is 0 Å². The molecule has 1 atom stereocenters. The summed E-state index contributed by atoms with van der Waals surface area (Å²) in [6, 6.07) is 7.81. The zero-order valence-electron chi connectivity index (χ0n) is 13.1. The molecule has 1 amide bonds. The zero-order valence-corrected chi connectivity index (χ0v) is 13.8. The Morgan fingerprint density at radius 2 is 2.14 bits per heavy atom. The summed E-state index contributed by atoms with van der Waals surface area (Å²) in [4.78, 5) is 14.6. The van der Waals surface area contributed by atoms with Gasteiger partial charge in [0, 0.05) is 24.2 Å². The highest BCUT2D eigenvalue weighted by Gasteiger charge is 2.33. The third-order valence-corrected chi connectivity index (χ3v) is 4.44. The van der Waals surface area contributed by atoms with E-state index < -0.39 is 0 Å². The van der Waals surface area contributed by atoms with E-state index >= 15 is 0 Å². The van der Waals surface area contributed by atoms with E-state index in [0.29, 0.717) is 18.1 Å². The average Bonchev–Trinajstić information content (AvgIpc) is 2.41. The zero-order chi connectivity index (χ0) is 15.5. The standard InChI is InChI=1S/C17H24ClNO2/c1-4-19(14-9-10-21-17(2,3)12-14)16(20)11-13-7-5-6-8-15(13)18/h5-8,14H,4,9-12H2,1-3H3/t14-/m0/s1. The topological polar surface area (TPSA) is 29.5 Å². The van der Waals surface area contributed by atoms with Crippen LogP contribution in [0.2, 0.25) is 5.02 Å². The van der Waals surface area contributed by atoms with Crippen molar-refractivity contribution < 1.29 is 9.53 Å². The molecule has 0 spiro atoms. The van der Waals surface area contributed by atoms with Gasteiger partial charge in [-0.25, -0.2) is 0 Å². The monoisotopic (exact) mass is 309 g/mol. The molecule has 21 heavy (non-hydrogen) atoms. The van der Waals surface area contributed by atoms with Crippen LogP contribution in [-0.4, -0.2) is 35.6 Å². The van der Waals surface area contributed by atoms with Crippen molar-refractivity contribution in [2.45, 2.75) is 51.7 Å². The lowest BCUT2D eigenvalue weighted by Gasteiger charge is -2.41. The normalized spacial score (nSPS) is 21.0. The SMILES string of the molecule is CCN(C(=O)Cc1ccccc1Cl)[C@H]1CCOC(C)(C)C1. The van der Waals surface area contributed by atoms with Gasteiger partial charge >= 0.3 is 0 Å². The minimum absolute atomic E-state index is 0.147. The summed E-state index contributed by atoms with van der Waals surface area (Å²) >= 11 is 6.16. The van der Waals surface area contributed by atoms with Gasteiger partial charge in [0.25, 0.3) is 0 Å². The van der Waals surface area contributed by atoms with Crippen LogP contribution in [0.1, 0.15) is 39.2 Å². The second-order valence-corrected chi connectivity index (χ2v) is 6.61.